The van der Waals surface area contributed by atoms with Crippen LogP contribution in [0.3, 0.4) is 0 Å². The van der Waals surface area contributed by atoms with Crippen molar-refractivity contribution in [2.24, 2.45) is 5.64 Å². The van der Waals surface area contributed by atoms with E-state index in [1.54, 1.807) is 0 Å². The Labute approximate surface area is 88.0 Å². The molecule has 2 N–H and O–H groups in total. The molecule has 0 aromatic heterocycles. The standard InChI is InChI=1S/C12H20BN/c14-13-11-7-2-1-4-8-12-9-5-3-6-10-12/h3,5-6,9-10,13H,1-2,4,7-8,11,14H2. The summed E-state index contributed by atoms with van der Waals surface area (Å²) < 4.78 is 0. The van der Waals surface area contributed by atoms with Crippen molar-refractivity contribution in [3.8, 4) is 0 Å². The van der Waals surface area contributed by atoms with Crippen LogP contribution < -0.4 is 5.64 Å². The Morgan fingerprint density at radius 3 is 2.36 bits per heavy atom. The van der Waals surface area contributed by atoms with Crippen molar-refractivity contribution in [1.29, 1.82) is 0 Å². The highest BCUT2D eigenvalue weighted by Crippen LogP contribution is 2.08. The molecule has 0 heterocycles. The molecule has 0 aliphatic carbocycles. The zero-order chi connectivity index (χ0) is 10.1. The average Bonchev–Trinajstić information content (AvgIpc) is 2.25. The minimum atomic E-state index is 0.846. The van der Waals surface area contributed by atoms with E-state index in [4.69, 9.17) is 5.64 Å². The summed E-state index contributed by atoms with van der Waals surface area (Å²) in [5, 5.41) is 0. The summed E-state index contributed by atoms with van der Waals surface area (Å²) in [5.74, 6) is 0. The van der Waals surface area contributed by atoms with Crippen molar-refractivity contribution in [2.45, 2.75) is 38.4 Å². The van der Waals surface area contributed by atoms with Crippen LogP contribution >= 0.6 is 0 Å². The smallest absolute Gasteiger partial charge is 0.198 e. The van der Waals surface area contributed by atoms with Gasteiger partial charge in [0.05, 0.1) is 0 Å². The number of hydrogen-bond acceptors (Lipinski definition) is 1. The van der Waals surface area contributed by atoms with Gasteiger partial charge in [0.1, 0.15) is 0 Å². The molecule has 14 heavy (non-hydrogen) atoms. The van der Waals surface area contributed by atoms with Gasteiger partial charge in [-0.05, 0) is 18.4 Å². The second-order valence-corrected chi connectivity index (χ2v) is 3.79. The van der Waals surface area contributed by atoms with E-state index in [9.17, 15) is 0 Å². The first-order valence-electron chi connectivity index (χ1n) is 5.67. The summed E-state index contributed by atoms with van der Waals surface area (Å²) in [7, 11) is 0.846. The Kier molecular flexibility index (Phi) is 6.17. The van der Waals surface area contributed by atoms with Crippen LogP contribution in [-0.4, -0.2) is 7.41 Å². The molecule has 0 aliphatic heterocycles. The molecule has 0 radical (unpaired) electrons. The van der Waals surface area contributed by atoms with E-state index in [0.29, 0.717) is 0 Å². The van der Waals surface area contributed by atoms with Gasteiger partial charge < -0.3 is 5.64 Å². The molecule has 0 atom stereocenters. The highest BCUT2D eigenvalue weighted by molar-refractivity contribution is 6.30. The first-order valence-corrected chi connectivity index (χ1v) is 5.67. The molecule has 0 saturated heterocycles. The summed E-state index contributed by atoms with van der Waals surface area (Å²) >= 11 is 0. The normalized spacial score (nSPS) is 10.1. The van der Waals surface area contributed by atoms with Gasteiger partial charge in [0, 0.05) is 0 Å². The molecular formula is C12H20BN. The molecule has 1 rings (SSSR count). The molecule has 0 fully saturated rings. The third kappa shape index (κ3) is 5.08. The molecule has 0 amide bonds. The van der Waals surface area contributed by atoms with Gasteiger partial charge in [-0.3, -0.25) is 0 Å². The number of benzene rings is 1. The predicted octanol–water partition coefficient (Wildman–Crippen LogP) is 2.52. The van der Waals surface area contributed by atoms with Crippen molar-refractivity contribution < 1.29 is 0 Å². The average molecular weight is 189 g/mol. The van der Waals surface area contributed by atoms with Gasteiger partial charge in [-0.25, -0.2) is 0 Å². The molecule has 1 aromatic rings. The summed E-state index contributed by atoms with van der Waals surface area (Å²) in [6.07, 6.45) is 7.70. The van der Waals surface area contributed by atoms with Crippen molar-refractivity contribution in [3.05, 3.63) is 35.9 Å². The number of unbranched alkanes of at least 4 members (excludes halogenated alkanes) is 3. The molecule has 2 heteroatoms. The molecule has 0 unspecified atom stereocenters. The van der Waals surface area contributed by atoms with Crippen molar-refractivity contribution in [3.63, 3.8) is 0 Å². The fourth-order valence-electron chi connectivity index (χ4n) is 1.65. The van der Waals surface area contributed by atoms with Crippen LogP contribution in [0.5, 0.6) is 0 Å². The topological polar surface area (TPSA) is 26.0 Å². The van der Waals surface area contributed by atoms with E-state index < -0.39 is 0 Å². The predicted molar refractivity (Wildman–Crippen MR) is 64.8 cm³/mol. The van der Waals surface area contributed by atoms with Crippen molar-refractivity contribution in [1.82, 2.24) is 0 Å². The van der Waals surface area contributed by atoms with E-state index in [1.165, 1.54) is 44.0 Å². The number of nitrogens with two attached hydrogens (primary N) is 1. The maximum absolute atomic E-state index is 5.43. The lowest BCUT2D eigenvalue weighted by molar-refractivity contribution is 0.665. The molecule has 0 spiro atoms. The zero-order valence-corrected chi connectivity index (χ0v) is 8.91. The van der Waals surface area contributed by atoms with Crippen LogP contribution in [0, 0.1) is 0 Å². The van der Waals surface area contributed by atoms with Gasteiger partial charge in [-0.15, -0.1) is 0 Å². The number of aryl methyl sites for hydroxylation is 1. The van der Waals surface area contributed by atoms with E-state index >= 15 is 0 Å². The van der Waals surface area contributed by atoms with Crippen LogP contribution in [-0.2, 0) is 6.42 Å². The number of hydrogen-bond donors (Lipinski definition) is 1. The summed E-state index contributed by atoms with van der Waals surface area (Å²) in [6.45, 7) is 0. The van der Waals surface area contributed by atoms with Gasteiger partial charge in [0.25, 0.3) is 0 Å². The number of rotatable bonds is 7. The summed E-state index contributed by atoms with van der Waals surface area (Å²) in [5.41, 5.74) is 6.90. The summed E-state index contributed by atoms with van der Waals surface area (Å²) in [4.78, 5) is 0. The van der Waals surface area contributed by atoms with E-state index in [0.717, 1.165) is 7.41 Å². The van der Waals surface area contributed by atoms with Crippen molar-refractivity contribution in [2.75, 3.05) is 0 Å². The van der Waals surface area contributed by atoms with Crippen LogP contribution in [0.2, 0.25) is 6.32 Å². The van der Waals surface area contributed by atoms with Gasteiger partial charge >= 0.3 is 0 Å². The fraction of sp³-hybridized carbons (Fsp3) is 0.500. The highest BCUT2D eigenvalue weighted by Gasteiger charge is 1.92. The molecule has 1 nitrogen and oxygen atoms in total. The quantitative estimate of drug-likeness (QED) is 0.517. The van der Waals surface area contributed by atoms with E-state index in [2.05, 4.69) is 30.3 Å². The molecule has 76 valence electrons. The van der Waals surface area contributed by atoms with Gasteiger partial charge in [0.2, 0.25) is 0 Å². The van der Waals surface area contributed by atoms with E-state index in [-0.39, 0.29) is 0 Å². The maximum atomic E-state index is 5.43. The van der Waals surface area contributed by atoms with E-state index in [1.807, 2.05) is 0 Å². The maximum Gasteiger partial charge on any atom is 0.198 e. The molecule has 1 aromatic carbocycles. The molecule has 0 aliphatic rings. The van der Waals surface area contributed by atoms with Gasteiger partial charge in [0.15, 0.2) is 7.41 Å². The summed E-state index contributed by atoms with van der Waals surface area (Å²) in [6, 6.07) is 10.7. The SMILES string of the molecule is NBCCCCCCc1ccccc1. The lowest BCUT2D eigenvalue weighted by Crippen LogP contribution is -2.02. The second kappa shape index (κ2) is 7.63. The van der Waals surface area contributed by atoms with Gasteiger partial charge in [-0.1, -0.05) is 55.9 Å². The minimum Gasteiger partial charge on any atom is -0.373 e. The molecule has 0 bridgehead atoms. The molecular weight excluding hydrogens is 169 g/mol. The second-order valence-electron chi connectivity index (χ2n) is 3.79. The van der Waals surface area contributed by atoms with Crippen LogP contribution in [0.4, 0.5) is 0 Å². The molecule has 0 saturated carbocycles. The largest absolute Gasteiger partial charge is 0.373 e. The third-order valence-electron chi connectivity index (χ3n) is 2.51. The van der Waals surface area contributed by atoms with Crippen LogP contribution in [0.25, 0.3) is 0 Å². The van der Waals surface area contributed by atoms with Crippen LogP contribution in [0.15, 0.2) is 30.3 Å². The highest BCUT2D eigenvalue weighted by atomic mass is 14.3. The lowest BCUT2D eigenvalue weighted by Gasteiger charge is -2.00. The Morgan fingerprint density at radius 1 is 0.929 bits per heavy atom. The Morgan fingerprint density at radius 2 is 1.64 bits per heavy atom. The minimum absolute atomic E-state index is 0.846. The lowest BCUT2D eigenvalue weighted by atomic mass is 9.88. The Hall–Kier alpha value is -0.755. The Balaban J connectivity index is 1.99. The Bertz CT molecular complexity index is 223. The first kappa shape index (κ1) is 11.3. The first-order chi connectivity index (χ1) is 6.93. The fourth-order valence-corrected chi connectivity index (χ4v) is 1.65. The van der Waals surface area contributed by atoms with Crippen molar-refractivity contribution >= 4 is 7.41 Å². The van der Waals surface area contributed by atoms with Gasteiger partial charge in [-0.2, -0.15) is 0 Å². The third-order valence-corrected chi connectivity index (χ3v) is 2.51. The monoisotopic (exact) mass is 189 g/mol. The zero-order valence-electron chi connectivity index (χ0n) is 8.91. The van der Waals surface area contributed by atoms with Crippen LogP contribution in [0.1, 0.15) is 31.2 Å².